The summed E-state index contributed by atoms with van der Waals surface area (Å²) in [6.45, 7) is 0.493. The van der Waals surface area contributed by atoms with Crippen LogP contribution in [-0.4, -0.2) is 31.6 Å². The molecular formula is C16H22N2O3. The van der Waals surface area contributed by atoms with Gasteiger partial charge in [-0.05, 0) is 25.0 Å². The van der Waals surface area contributed by atoms with E-state index in [1.54, 1.807) is 18.2 Å². The minimum atomic E-state index is -0.381. The van der Waals surface area contributed by atoms with Crippen molar-refractivity contribution in [2.75, 3.05) is 19.0 Å². The molecule has 114 valence electrons. The molecule has 1 saturated carbocycles. The Morgan fingerprint density at radius 1 is 1.24 bits per heavy atom. The van der Waals surface area contributed by atoms with Crippen LogP contribution in [0.3, 0.4) is 0 Å². The first kappa shape index (κ1) is 15.4. The summed E-state index contributed by atoms with van der Waals surface area (Å²) in [6.07, 6.45) is 4.98. The van der Waals surface area contributed by atoms with Gasteiger partial charge in [-0.15, -0.1) is 0 Å². The number of anilines is 1. The highest BCUT2D eigenvalue weighted by molar-refractivity contribution is 5.95. The van der Waals surface area contributed by atoms with Crippen LogP contribution in [0.5, 0.6) is 0 Å². The fourth-order valence-corrected chi connectivity index (χ4v) is 2.61. The van der Waals surface area contributed by atoms with Gasteiger partial charge in [0.25, 0.3) is 0 Å². The highest BCUT2D eigenvalue weighted by atomic mass is 16.5. The van der Waals surface area contributed by atoms with Crippen LogP contribution in [0, 0.1) is 0 Å². The van der Waals surface area contributed by atoms with E-state index in [4.69, 9.17) is 4.74 Å². The number of carbonyl (C=O) groups excluding carboxylic acids is 2. The highest BCUT2D eigenvalue weighted by Crippen LogP contribution is 2.18. The van der Waals surface area contributed by atoms with Gasteiger partial charge in [-0.2, -0.15) is 0 Å². The first-order chi connectivity index (χ1) is 10.2. The first-order valence-electron chi connectivity index (χ1n) is 7.41. The molecule has 0 bridgehead atoms. The molecule has 5 nitrogen and oxygen atoms in total. The van der Waals surface area contributed by atoms with Gasteiger partial charge in [-0.25, -0.2) is 4.79 Å². The summed E-state index contributed by atoms with van der Waals surface area (Å²) in [7, 11) is 1.36. The van der Waals surface area contributed by atoms with Gasteiger partial charge >= 0.3 is 5.97 Å². The molecular weight excluding hydrogens is 268 g/mol. The first-order valence-corrected chi connectivity index (χ1v) is 7.41. The number of para-hydroxylation sites is 1. The molecule has 1 amide bonds. The van der Waals surface area contributed by atoms with E-state index < -0.39 is 0 Å². The maximum atomic E-state index is 11.8. The lowest BCUT2D eigenvalue weighted by molar-refractivity contribution is -0.121. The summed E-state index contributed by atoms with van der Waals surface area (Å²) < 4.78 is 4.73. The second kappa shape index (κ2) is 7.67. The molecule has 1 aliphatic rings. The minimum absolute atomic E-state index is 0.0601. The predicted octanol–water partition coefficient (Wildman–Crippen LogP) is 2.33. The number of carbonyl (C=O) groups is 2. The average molecular weight is 290 g/mol. The Bertz CT molecular complexity index is 496. The molecule has 0 spiro atoms. The Balaban J connectivity index is 1.80. The lowest BCUT2D eigenvalue weighted by Gasteiger charge is -2.13. The maximum absolute atomic E-state index is 11.8. The monoisotopic (exact) mass is 290 g/mol. The molecule has 0 radical (unpaired) electrons. The smallest absolute Gasteiger partial charge is 0.339 e. The molecule has 1 aliphatic carbocycles. The third-order valence-corrected chi connectivity index (χ3v) is 3.72. The third-order valence-electron chi connectivity index (χ3n) is 3.72. The molecule has 0 saturated heterocycles. The van der Waals surface area contributed by atoms with Gasteiger partial charge in [0.2, 0.25) is 5.91 Å². The van der Waals surface area contributed by atoms with E-state index in [2.05, 4.69) is 10.6 Å². The number of rotatable bonds is 6. The predicted molar refractivity (Wildman–Crippen MR) is 81.3 cm³/mol. The van der Waals surface area contributed by atoms with Crippen LogP contribution >= 0.6 is 0 Å². The van der Waals surface area contributed by atoms with Crippen molar-refractivity contribution in [2.45, 2.75) is 38.1 Å². The van der Waals surface area contributed by atoms with Crippen molar-refractivity contribution in [3.05, 3.63) is 29.8 Å². The van der Waals surface area contributed by atoms with E-state index >= 15 is 0 Å². The number of amides is 1. The molecule has 0 unspecified atom stereocenters. The van der Waals surface area contributed by atoms with Gasteiger partial charge in [0.05, 0.1) is 12.7 Å². The maximum Gasteiger partial charge on any atom is 0.339 e. The second-order valence-electron chi connectivity index (χ2n) is 5.26. The minimum Gasteiger partial charge on any atom is -0.465 e. The average Bonchev–Trinajstić information content (AvgIpc) is 3.00. The van der Waals surface area contributed by atoms with Crippen molar-refractivity contribution in [1.29, 1.82) is 0 Å². The summed E-state index contributed by atoms with van der Waals surface area (Å²) in [5.41, 5.74) is 1.18. The quantitative estimate of drug-likeness (QED) is 0.789. The van der Waals surface area contributed by atoms with Gasteiger partial charge in [0.1, 0.15) is 0 Å². The second-order valence-corrected chi connectivity index (χ2v) is 5.26. The van der Waals surface area contributed by atoms with Gasteiger partial charge in [-0.1, -0.05) is 25.0 Å². The van der Waals surface area contributed by atoms with Crippen LogP contribution in [0.1, 0.15) is 42.5 Å². The lowest BCUT2D eigenvalue weighted by Crippen LogP contribution is -2.33. The lowest BCUT2D eigenvalue weighted by atomic mass is 10.1. The SMILES string of the molecule is COC(=O)c1ccccc1NCCC(=O)NC1CCCC1. The highest BCUT2D eigenvalue weighted by Gasteiger charge is 2.17. The van der Waals surface area contributed by atoms with Crippen LogP contribution in [0.2, 0.25) is 0 Å². The van der Waals surface area contributed by atoms with Crippen LogP contribution in [-0.2, 0) is 9.53 Å². The number of ether oxygens (including phenoxy) is 1. The van der Waals surface area contributed by atoms with Gasteiger partial charge in [0, 0.05) is 24.7 Å². The van der Waals surface area contributed by atoms with Gasteiger partial charge in [0.15, 0.2) is 0 Å². The zero-order chi connectivity index (χ0) is 15.1. The number of methoxy groups -OCH3 is 1. The van der Waals surface area contributed by atoms with Crippen molar-refractivity contribution in [1.82, 2.24) is 5.32 Å². The molecule has 21 heavy (non-hydrogen) atoms. The molecule has 5 heteroatoms. The summed E-state index contributed by atoms with van der Waals surface area (Å²) >= 11 is 0. The fraction of sp³-hybridized carbons (Fsp3) is 0.500. The standard InChI is InChI=1S/C16H22N2O3/c1-21-16(20)13-8-4-5-9-14(13)17-11-10-15(19)18-12-6-2-3-7-12/h4-5,8-9,12,17H,2-3,6-7,10-11H2,1H3,(H,18,19). The van der Waals surface area contributed by atoms with Crippen LogP contribution in [0.25, 0.3) is 0 Å². The summed E-state index contributed by atoms with van der Waals surface area (Å²) in [5, 5.41) is 6.17. The Labute approximate surface area is 125 Å². The number of nitrogens with one attached hydrogen (secondary N) is 2. The van der Waals surface area contributed by atoms with Crippen molar-refractivity contribution < 1.29 is 14.3 Å². The molecule has 0 atom stereocenters. The number of esters is 1. The van der Waals surface area contributed by atoms with E-state index in [-0.39, 0.29) is 11.9 Å². The molecule has 2 N–H and O–H groups in total. The van der Waals surface area contributed by atoms with Crippen molar-refractivity contribution in [3.8, 4) is 0 Å². The van der Waals surface area contributed by atoms with E-state index in [0.29, 0.717) is 30.3 Å². The summed E-state index contributed by atoms with van der Waals surface area (Å²) in [4.78, 5) is 23.4. The molecule has 0 aliphatic heterocycles. The molecule has 2 rings (SSSR count). The van der Waals surface area contributed by atoms with Crippen LogP contribution < -0.4 is 10.6 Å². The van der Waals surface area contributed by atoms with E-state index in [9.17, 15) is 9.59 Å². The van der Waals surface area contributed by atoms with Crippen molar-refractivity contribution in [2.24, 2.45) is 0 Å². The number of hydrogen-bond acceptors (Lipinski definition) is 4. The normalized spacial score (nSPS) is 14.7. The molecule has 1 aromatic rings. The van der Waals surface area contributed by atoms with Crippen molar-refractivity contribution >= 4 is 17.6 Å². The zero-order valence-corrected chi connectivity index (χ0v) is 12.4. The van der Waals surface area contributed by atoms with E-state index in [1.807, 2.05) is 6.07 Å². The van der Waals surface area contributed by atoms with E-state index in [1.165, 1.54) is 20.0 Å². The third kappa shape index (κ3) is 4.48. The van der Waals surface area contributed by atoms with Crippen LogP contribution in [0.15, 0.2) is 24.3 Å². The molecule has 1 aromatic carbocycles. The Morgan fingerprint density at radius 2 is 1.95 bits per heavy atom. The largest absolute Gasteiger partial charge is 0.465 e. The number of hydrogen-bond donors (Lipinski definition) is 2. The topological polar surface area (TPSA) is 67.4 Å². The van der Waals surface area contributed by atoms with Gasteiger partial charge in [-0.3, -0.25) is 4.79 Å². The summed E-state index contributed by atoms with van der Waals surface area (Å²) in [6, 6.07) is 7.48. The fourth-order valence-electron chi connectivity index (χ4n) is 2.61. The van der Waals surface area contributed by atoms with Crippen LogP contribution in [0.4, 0.5) is 5.69 Å². The molecule has 1 fully saturated rings. The Morgan fingerprint density at radius 3 is 2.67 bits per heavy atom. The summed E-state index contributed by atoms with van der Waals surface area (Å²) in [5.74, 6) is -0.321. The van der Waals surface area contributed by atoms with Gasteiger partial charge < -0.3 is 15.4 Å². The Hall–Kier alpha value is -2.04. The molecule has 0 heterocycles. The Kier molecular flexibility index (Phi) is 5.60. The number of benzene rings is 1. The van der Waals surface area contributed by atoms with E-state index in [0.717, 1.165) is 12.8 Å². The van der Waals surface area contributed by atoms with Crippen molar-refractivity contribution in [3.63, 3.8) is 0 Å². The molecule has 0 aromatic heterocycles. The zero-order valence-electron chi connectivity index (χ0n) is 12.4.